The molecule has 0 radical (unpaired) electrons. The summed E-state index contributed by atoms with van der Waals surface area (Å²) < 4.78 is 2.01. The van der Waals surface area contributed by atoms with Gasteiger partial charge in [0.2, 0.25) is 0 Å². The van der Waals surface area contributed by atoms with Gasteiger partial charge < -0.3 is 11.1 Å². The molecule has 0 saturated heterocycles. The smallest absolute Gasteiger partial charge is 0.162 e. The minimum Gasteiger partial charge on any atom is -0.369 e. The number of nitrogens with zero attached hydrogens (tertiary/aromatic N) is 3. The van der Waals surface area contributed by atoms with E-state index in [1.54, 1.807) is 0 Å². The van der Waals surface area contributed by atoms with Crippen LogP contribution in [0, 0.1) is 6.92 Å². The number of Topliss-reactive ketones (excluding diaryl/α,β-unsaturated/α-hetero) is 1. The summed E-state index contributed by atoms with van der Waals surface area (Å²) in [5, 5.41) is 8.33. The predicted octanol–water partition coefficient (Wildman–Crippen LogP) is 6.91. The molecule has 1 aromatic carbocycles. The van der Waals surface area contributed by atoms with Gasteiger partial charge in [0.05, 0.1) is 11.2 Å². The molecule has 0 saturated carbocycles. The first-order valence-electron chi connectivity index (χ1n) is 14.1. The lowest BCUT2D eigenvalue weighted by molar-refractivity contribution is 0.0979. The van der Waals surface area contributed by atoms with E-state index >= 15 is 0 Å². The van der Waals surface area contributed by atoms with E-state index in [2.05, 4.69) is 24.4 Å². The van der Waals surface area contributed by atoms with Crippen LogP contribution in [0.15, 0.2) is 42.5 Å². The maximum Gasteiger partial charge on any atom is 0.162 e. The molecule has 6 heteroatoms. The fourth-order valence-electron chi connectivity index (χ4n) is 4.69. The van der Waals surface area contributed by atoms with E-state index in [0.29, 0.717) is 6.42 Å². The molecule has 0 fully saturated rings. The zero-order chi connectivity index (χ0) is 25.4. The molecular formula is C30H45N5O. The molecule has 0 unspecified atom stereocenters. The molecule has 196 valence electrons. The maximum atomic E-state index is 12.2. The molecule has 0 aliphatic heterocycles. The molecule has 0 atom stereocenters. The lowest BCUT2D eigenvalue weighted by Crippen LogP contribution is -2.07. The van der Waals surface area contributed by atoms with Crippen LogP contribution < -0.4 is 11.1 Å². The van der Waals surface area contributed by atoms with Gasteiger partial charge in [0.15, 0.2) is 5.78 Å². The van der Waals surface area contributed by atoms with Crippen molar-refractivity contribution in [2.24, 2.45) is 5.73 Å². The molecule has 6 nitrogen and oxygen atoms in total. The highest BCUT2D eigenvalue weighted by Gasteiger charge is 2.10. The number of anilines is 1. The molecule has 0 spiro atoms. The Morgan fingerprint density at radius 3 is 2.25 bits per heavy atom. The average molecular weight is 492 g/mol. The van der Waals surface area contributed by atoms with Crippen molar-refractivity contribution in [3.63, 3.8) is 0 Å². The van der Waals surface area contributed by atoms with Gasteiger partial charge in [-0.3, -0.25) is 4.79 Å². The van der Waals surface area contributed by atoms with Gasteiger partial charge in [-0.05, 0) is 51.3 Å². The lowest BCUT2D eigenvalue weighted by atomic mass is 10.0. The number of imidazole rings is 1. The third-order valence-corrected chi connectivity index (χ3v) is 6.83. The number of hydrogen-bond donors (Lipinski definition) is 2. The zero-order valence-corrected chi connectivity index (χ0v) is 22.2. The van der Waals surface area contributed by atoms with Crippen LogP contribution in [-0.2, 0) is 6.42 Å². The number of carbonyl (C=O) groups excluding carboxylic acids is 1. The highest BCUT2D eigenvalue weighted by molar-refractivity contribution is 5.95. The van der Waals surface area contributed by atoms with Crippen LogP contribution in [0.25, 0.3) is 5.52 Å². The summed E-state index contributed by atoms with van der Waals surface area (Å²) >= 11 is 0. The number of aromatic nitrogens is 3. The molecule has 36 heavy (non-hydrogen) atoms. The number of fused-ring (bicyclic) bond motifs is 1. The van der Waals surface area contributed by atoms with Crippen molar-refractivity contribution in [1.29, 1.82) is 0 Å². The molecule has 3 rings (SSSR count). The first-order chi connectivity index (χ1) is 17.7. The van der Waals surface area contributed by atoms with Gasteiger partial charge in [-0.25, -0.2) is 9.50 Å². The number of nitrogens with one attached hydrogen (secondary N) is 1. The SMILES string of the molecule is Cc1nc(CCCCCCC(=O)c2ccccc2)n2nc(NCCCCCCCCCCN)ccc12. The molecule has 3 N–H and O–H groups in total. The predicted molar refractivity (Wildman–Crippen MR) is 150 cm³/mol. The Balaban J connectivity index is 1.34. The lowest BCUT2D eigenvalue weighted by Gasteiger charge is -2.07. The summed E-state index contributed by atoms with van der Waals surface area (Å²) in [5.74, 6) is 2.19. The van der Waals surface area contributed by atoms with E-state index in [0.717, 1.165) is 80.0 Å². The minimum atomic E-state index is 0.244. The van der Waals surface area contributed by atoms with Gasteiger partial charge in [0, 0.05) is 24.9 Å². The van der Waals surface area contributed by atoms with E-state index in [4.69, 9.17) is 15.8 Å². The molecule has 0 aliphatic rings. The van der Waals surface area contributed by atoms with E-state index in [1.807, 2.05) is 34.8 Å². The van der Waals surface area contributed by atoms with E-state index in [-0.39, 0.29) is 5.78 Å². The zero-order valence-electron chi connectivity index (χ0n) is 22.2. The number of hydrogen-bond acceptors (Lipinski definition) is 5. The van der Waals surface area contributed by atoms with E-state index < -0.39 is 0 Å². The topological polar surface area (TPSA) is 85.3 Å². The Morgan fingerprint density at radius 2 is 1.50 bits per heavy atom. The van der Waals surface area contributed by atoms with Crippen molar-refractivity contribution in [1.82, 2.24) is 14.6 Å². The molecule has 0 aliphatic carbocycles. The monoisotopic (exact) mass is 491 g/mol. The van der Waals surface area contributed by atoms with Crippen LogP contribution in [0.1, 0.15) is 105 Å². The van der Waals surface area contributed by atoms with Gasteiger partial charge in [-0.1, -0.05) is 81.7 Å². The van der Waals surface area contributed by atoms with Gasteiger partial charge in [0.25, 0.3) is 0 Å². The third-order valence-electron chi connectivity index (χ3n) is 6.83. The van der Waals surface area contributed by atoms with Crippen LogP contribution in [0.5, 0.6) is 0 Å². The van der Waals surface area contributed by atoms with Crippen molar-refractivity contribution in [2.45, 2.75) is 96.8 Å². The standard InChI is InChI=1S/C30H45N5O/c1-25-27-21-22-29(32-24-16-9-5-3-2-4-8-15-23-31)34-35(27)30(33-25)20-14-7-6-13-19-28(36)26-17-11-10-12-18-26/h10-12,17-18,21-22H,2-9,13-16,19-20,23-24,31H2,1H3,(H,32,34). The highest BCUT2D eigenvalue weighted by atomic mass is 16.1. The number of rotatable bonds is 19. The quantitative estimate of drug-likeness (QED) is 0.141. The van der Waals surface area contributed by atoms with Crippen molar-refractivity contribution >= 4 is 17.1 Å². The van der Waals surface area contributed by atoms with Gasteiger partial charge in [-0.15, -0.1) is 5.10 Å². The average Bonchev–Trinajstić information content (AvgIpc) is 3.22. The van der Waals surface area contributed by atoms with Gasteiger partial charge >= 0.3 is 0 Å². The number of ketones is 1. The molecular weight excluding hydrogens is 446 g/mol. The van der Waals surface area contributed by atoms with Crippen LogP contribution in [0.4, 0.5) is 5.82 Å². The number of carbonyl (C=O) groups is 1. The van der Waals surface area contributed by atoms with Crippen molar-refractivity contribution < 1.29 is 4.79 Å². The largest absolute Gasteiger partial charge is 0.369 e. The number of nitrogens with two attached hydrogens (primary N) is 1. The first-order valence-corrected chi connectivity index (χ1v) is 14.1. The number of aryl methyl sites for hydroxylation is 2. The molecule has 2 heterocycles. The highest BCUT2D eigenvalue weighted by Crippen LogP contribution is 2.17. The van der Waals surface area contributed by atoms with Crippen LogP contribution in [0.3, 0.4) is 0 Å². The number of benzene rings is 1. The van der Waals surface area contributed by atoms with Crippen LogP contribution in [-0.4, -0.2) is 33.5 Å². The molecule has 0 amide bonds. The van der Waals surface area contributed by atoms with Crippen molar-refractivity contribution in [3.8, 4) is 0 Å². The van der Waals surface area contributed by atoms with Crippen molar-refractivity contribution in [2.75, 3.05) is 18.4 Å². The summed E-state index contributed by atoms with van der Waals surface area (Å²) in [6, 6.07) is 13.8. The Labute approximate surface area is 217 Å². The normalized spacial score (nSPS) is 11.3. The van der Waals surface area contributed by atoms with E-state index in [9.17, 15) is 4.79 Å². The second-order valence-corrected chi connectivity index (χ2v) is 9.88. The van der Waals surface area contributed by atoms with Crippen LogP contribution in [0.2, 0.25) is 0 Å². The fraction of sp³-hybridized carbons (Fsp3) is 0.567. The minimum absolute atomic E-state index is 0.244. The Bertz CT molecular complexity index is 1030. The van der Waals surface area contributed by atoms with Crippen molar-refractivity contribution in [3.05, 3.63) is 59.5 Å². The fourth-order valence-corrected chi connectivity index (χ4v) is 4.69. The Morgan fingerprint density at radius 1 is 0.833 bits per heavy atom. The maximum absolute atomic E-state index is 12.2. The van der Waals surface area contributed by atoms with Crippen LogP contribution >= 0.6 is 0 Å². The first kappa shape index (κ1) is 27.9. The second-order valence-electron chi connectivity index (χ2n) is 9.88. The van der Waals surface area contributed by atoms with Gasteiger partial charge in [0.1, 0.15) is 11.6 Å². The summed E-state index contributed by atoms with van der Waals surface area (Å²) in [6.45, 7) is 3.83. The summed E-state index contributed by atoms with van der Waals surface area (Å²) in [6.07, 6.45) is 15.9. The summed E-state index contributed by atoms with van der Waals surface area (Å²) in [5.41, 5.74) is 8.48. The molecule has 3 aromatic rings. The van der Waals surface area contributed by atoms with E-state index in [1.165, 1.54) is 44.9 Å². The van der Waals surface area contributed by atoms with Gasteiger partial charge in [-0.2, -0.15) is 0 Å². The number of unbranched alkanes of at least 4 members (excludes halogenated alkanes) is 10. The summed E-state index contributed by atoms with van der Waals surface area (Å²) in [4.78, 5) is 17.0. The Kier molecular flexibility index (Phi) is 12.5. The second kappa shape index (κ2) is 16.1. The summed E-state index contributed by atoms with van der Waals surface area (Å²) in [7, 11) is 0. The molecule has 0 bridgehead atoms. The molecule has 2 aromatic heterocycles. The third kappa shape index (κ3) is 9.38. The Hall–Kier alpha value is -2.73.